The van der Waals surface area contributed by atoms with Crippen molar-refractivity contribution in [3.63, 3.8) is 0 Å². The Bertz CT molecular complexity index is 720. The number of nitrogens with one attached hydrogen (secondary N) is 1. The monoisotopic (exact) mass is 330 g/mol. The fourth-order valence-electron chi connectivity index (χ4n) is 2.64. The molecule has 24 heavy (non-hydrogen) atoms. The molecular weight excluding hydrogens is 312 g/mol. The number of carbonyl (C=O) groups excluding carboxylic acids is 1. The lowest BCUT2D eigenvalue weighted by molar-refractivity contribution is -0.116. The van der Waals surface area contributed by atoms with E-state index in [-0.39, 0.29) is 18.1 Å². The summed E-state index contributed by atoms with van der Waals surface area (Å²) >= 11 is 0. The second kappa shape index (κ2) is 7.12. The molecule has 0 saturated heterocycles. The Labute approximate surface area is 138 Å². The van der Waals surface area contributed by atoms with Gasteiger partial charge in [-0.05, 0) is 49.9 Å². The molecule has 1 aromatic carbocycles. The first-order valence-corrected chi connectivity index (χ1v) is 7.80. The summed E-state index contributed by atoms with van der Waals surface area (Å²) < 4.78 is 7.04. The predicted octanol–water partition coefficient (Wildman–Crippen LogP) is 1.94. The van der Waals surface area contributed by atoms with Gasteiger partial charge < -0.3 is 15.2 Å². The summed E-state index contributed by atoms with van der Waals surface area (Å²) in [5.41, 5.74) is 0.438. The molecule has 3 rings (SSSR count). The van der Waals surface area contributed by atoms with Gasteiger partial charge in [0.15, 0.2) is 5.69 Å². The third-order valence-electron chi connectivity index (χ3n) is 3.81. The highest BCUT2D eigenvalue weighted by Crippen LogP contribution is 2.24. The molecule has 2 aromatic rings. The number of anilines is 1. The molecular formula is C16H18N4O4. The summed E-state index contributed by atoms with van der Waals surface area (Å²) in [7, 11) is 0. The van der Waals surface area contributed by atoms with Crippen LogP contribution in [-0.2, 0) is 11.3 Å². The number of amides is 1. The van der Waals surface area contributed by atoms with E-state index < -0.39 is 5.97 Å². The topological polar surface area (TPSA) is 106 Å². The van der Waals surface area contributed by atoms with Gasteiger partial charge >= 0.3 is 5.97 Å². The van der Waals surface area contributed by atoms with Crippen LogP contribution in [0.25, 0.3) is 0 Å². The molecule has 0 spiro atoms. The molecule has 2 N–H and O–H groups in total. The van der Waals surface area contributed by atoms with Gasteiger partial charge in [-0.3, -0.25) is 4.79 Å². The summed E-state index contributed by atoms with van der Waals surface area (Å²) in [4.78, 5) is 22.7. The van der Waals surface area contributed by atoms with E-state index in [2.05, 4.69) is 15.6 Å². The van der Waals surface area contributed by atoms with Crippen LogP contribution in [0, 0.1) is 0 Å². The number of ether oxygens (including phenoxy) is 1. The largest absolute Gasteiger partial charge is 0.490 e. The van der Waals surface area contributed by atoms with Crippen molar-refractivity contribution in [2.24, 2.45) is 0 Å². The first kappa shape index (κ1) is 16.0. The van der Waals surface area contributed by atoms with Crippen molar-refractivity contribution in [2.45, 2.75) is 38.3 Å². The van der Waals surface area contributed by atoms with Gasteiger partial charge in [0.1, 0.15) is 12.3 Å². The lowest BCUT2D eigenvalue weighted by Crippen LogP contribution is -2.19. The van der Waals surface area contributed by atoms with E-state index in [9.17, 15) is 9.59 Å². The lowest BCUT2D eigenvalue weighted by atomic mass is 10.2. The first-order valence-electron chi connectivity index (χ1n) is 7.80. The molecule has 1 saturated carbocycles. The van der Waals surface area contributed by atoms with Gasteiger partial charge in [-0.2, -0.15) is 0 Å². The van der Waals surface area contributed by atoms with Crippen molar-refractivity contribution in [1.29, 1.82) is 0 Å². The molecule has 0 radical (unpaired) electrons. The molecule has 1 heterocycles. The van der Waals surface area contributed by atoms with Crippen LogP contribution in [0.3, 0.4) is 0 Å². The quantitative estimate of drug-likeness (QED) is 0.838. The summed E-state index contributed by atoms with van der Waals surface area (Å²) in [5, 5.41) is 18.5. The predicted molar refractivity (Wildman–Crippen MR) is 84.9 cm³/mol. The van der Waals surface area contributed by atoms with Crippen LogP contribution >= 0.6 is 0 Å². The van der Waals surface area contributed by atoms with Crippen molar-refractivity contribution < 1.29 is 19.4 Å². The fraction of sp³-hybridized carbons (Fsp3) is 0.375. The summed E-state index contributed by atoms with van der Waals surface area (Å²) in [5.74, 6) is -0.705. The number of carbonyl (C=O) groups is 2. The molecule has 0 unspecified atom stereocenters. The number of rotatable bonds is 6. The summed E-state index contributed by atoms with van der Waals surface area (Å²) in [6.45, 7) is -0.111. The molecule has 1 amide bonds. The molecule has 8 heteroatoms. The Balaban J connectivity index is 1.52. The third kappa shape index (κ3) is 4.09. The summed E-state index contributed by atoms with van der Waals surface area (Å²) in [6, 6.07) is 7.19. The number of aromatic nitrogens is 3. The maximum atomic E-state index is 11.9. The molecule has 0 bridgehead atoms. The number of carboxylic acids is 1. The number of benzene rings is 1. The Morgan fingerprint density at radius 3 is 2.58 bits per heavy atom. The van der Waals surface area contributed by atoms with Gasteiger partial charge in [0, 0.05) is 5.69 Å². The van der Waals surface area contributed by atoms with Crippen molar-refractivity contribution in [1.82, 2.24) is 15.0 Å². The van der Waals surface area contributed by atoms with E-state index in [1.165, 1.54) is 23.7 Å². The van der Waals surface area contributed by atoms with Crippen molar-refractivity contribution in [3.05, 3.63) is 36.2 Å². The second-order valence-electron chi connectivity index (χ2n) is 5.70. The Morgan fingerprint density at radius 2 is 1.96 bits per heavy atom. The average Bonchev–Trinajstić information content (AvgIpc) is 3.21. The van der Waals surface area contributed by atoms with Gasteiger partial charge in [-0.15, -0.1) is 5.10 Å². The van der Waals surface area contributed by atoms with Crippen molar-refractivity contribution in [2.75, 3.05) is 5.32 Å². The van der Waals surface area contributed by atoms with E-state index >= 15 is 0 Å². The Morgan fingerprint density at radius 1 is 1.25 bits per heavy atom. The van der Waals surface area contributed by atoms with E-state index in [1.54, 1.807) is 12.1 Å². The van der Waals surface area contributed by atoms with Crippen molar-refractivity contribution in [3.8, 4) is 5.75 Å². The van der Waals surface area contributed by atoms with Crippen LogP contribution in [0.4, 0.5) is 5.69 Å². The second-order valence-corrected chi connectivity index (χ2v) is 5.70. The summed E-state index contributed by atoms with van der Waals surface area (Å²) in [6.07, 6.45) is 6.11. The molecule has 0 atom stereocenters. The number of aromatic carboxylic acids is 1. The highest BCUT2D eigenvalue weighted by Gasteiger charge is 2.16. The minimum absolute atomic E-state index is 0.111. The smallest absolute Gasteiger partial charge is 0.358 e. The van der Waals surface area contributed by atoms with Crippen LogP contribution in [0.1, 0.15) is 36.2 Å². The molecule has 8 nitrogen and oxygen atoms in total. The van der Waals surface area contributed by atoms with Gasteiger partial charge in [0.05, 0.1) is 12.3 Å². The SMILES string of the molecule is O=C(Cn1cc(C(=O)O)nn1)Nc1ccc(OC2CCCC2)cc1. The van der Waals surface area contributed by atoms with Crippen LogP contribution in [0.15, 0.2) is 30.5 Å². The molecule has 1 aromatic heterocycles. The third-order valence-corrected chi connectivity index (χ3v) is 3.81. The molecule has 126 valence electrons. The van der Waals surface area contributed by atoms with E-state index in [4.69, 9.17) is 9.84 Å². The van der Waals surface area contributed by atoms with Crippen LogP contribution in [-0.4, -0.2) is 38.1 Å². The van der Waals surface area contributed by atoms with Crippen LogP contribution < -0.4 is 10.1 Å². The number of carboxylic acid groups (broad SMARTS) is 1. The number of nitrogens with zero attached hydrogens (tertiary/aromatic N) is 3. The minimum atomic E-state index is -1.18. The van der Waals surface area contributed by atoms with Crippen LogP contribution in [0.2, 0.25) is 0 Å². The van der Waals surface area contributed by atoms with Gasteiger partial charge in [-0.1, -0.05) is 5.21 Å². The number of hydrogen-bond acceptors (Lipinski definition) is 5. The zero-order valence-corrected chi connectivity index (χ0v) is 13.0. The highest BCUT2D eigenvalue weighted by molar-refractivity contribution is 5.90. The van der Waals surface area contributed by atoms with E-state index in [0.717, 1.165) is 18.6 Å². The molecule has 1 aliphatic rings. The first-order chi connectivity index (χ1) is 11.6. The lowest BCUT2D eigenvalue weighted by Gasteiger charge is -2.13. The number of hydrogen-bond donors (Lipinski definition) is 2. The average molecular weight is 330 g/mol. The van der Waals surface area contributed by atoms with Gasteiger partial charge in [-0.25, -0.2) is 9.48 Å². The van der Waals surface area contributed by atoms with Crippen molar-refractivity contribution >= 4 is 17.6 Å². The maximum absolute atomic E-state index is 11.9. The van der Waals surface area contributed by atoms with E-state index in [0.29, 0.717) is 11.8 Å². The maximum Gasteiger partial charge on any atom is 0.358 e. The molecule has 1 aliphatic carbocycles. The van der Waals surface area contributed by atoms with Gasteiger partial charge in [0.25, 0.3) is 0 Å². The van der Waals surface area contributed by atoms with Crippen LogP contribution in [0.5, 0.6) is 5.75 Å². The minimum Gasteiger partial charge on any atom is -0.490 e. The molecule has 1 fully saturated rings. The fourth-order valence-corrected chi connectivity index (χ4v) is 2.64. The zero-order chi connectivity index (χ0) is 16.9. The normalized spacial score (nSPS) is 14.5. The van der Waals surface area contributed by atoms with E-state index in [1.807, 2.05) is 12.1 Å². The van der Waals surface area contributed by atoms with Gasteiger partial charge in [0.2, 0.25) is 5.91 Å². The standard InChI is InChI=1S/C16H18N4O4/c21-15(10-20-9-14(16(22)23)18-19-20)17-11-5-7-13(8-6-11)24-12-3-1-2-4-12/h5-9,12H,1-4,10H2,(H,17,21)(H,22,23). The Kier molecular flexibility index (Phi) is 4.74. The zero-order valence-electron chi connectivity index (χ0n) is 13.0. The molecule has 0 aliphatic heterocycles. The highest BCUT2D eigenvalue weighted by atomic mass is 16.5. The Hall–Kier alpha value is -2.90.